The zero-order chi connectivity index (χ0) is 27.7. The van der Waals surface area contributed by atoms with Crippen LogP contribution < -0.4 is 11.1 Å². The topological polar surface area (TPSA) is 164 Å². The standard InChI is InChI=1S/C29H36N2O7/c1-14-12-20-19(26(14)15(2)32)8-7-18-17(4-3-5-24(30)34)16(13-21(18)20)6-10-23(33)27-28(37)22(31-29(27)38)9-11-25(35)36/h3,5-8,10,14,16-22,26,33H,4,9,11-13H2,1-2H3,(H2,30,34)(H,31,38)(H,35,36)/b5-3-,10-6+,27-23-/t14-,16-,17+,18-,19-,20+,21+,22+,26+/m1/s1. The molecule has 1 heterocycles. The van der Waals surface area contributed by atoms with E-state index < -0.39 is 35.4 Å². The van der Waals surface area contributed by atoms with Gasteiger partial charge in [0.05, 0.1) is 6.04 Å². The van der Waals surface area contributed by atoms with Crippen molar-refractivity contribution in [2.24, 2.45) is 53.1 Å². The zero-order valence-corrected chi connectivity index (χ0v) is 21.7. The third kappa shape index (κ3) is 5.37. The molecule has 1 saturated heterocycles. The molecule has 3 aliphatic carbocycles. The lowest BCUT2D eigenvalue weighted by Gasteiger charge is -2.35. The summed E-state index contributed by atoms with van der Waals surface area (Å²) in [5.74, 6) is -1.53. The van der Waals surface area contributed by atoms with E-state index in [9.17, 15) is 29.1 Å². The molecule has 9 heteroatoms. The molecule has 4 rings (SSSR count). The molecular weight excluding hydrogens is 488 g/mol. The summed E-state index contributed by atoms with van der Waals surface area (Å²) >= 11 is 0. The van der Waals surface area contributed by atoms with Crippen molar-refractivity contribution in [3.63, 3.8) is 0 Å². The van der Waals surface area contributed by atoms with E-state index in [4.69, 9.17) is 10.8 Å². The molecule has 0 radical (unpaired) electrons. The van der Waals surface area contributed by atoms with Gasteiger partial charge >= 0.3 is 5.97 Å². The van der Waals surface area contributed by atoms with Gasteiger partial charge in [-0.1, -0.05) is 31.2 Å². The summed E-state index contributed by atoms with van der Waals surface area (Å²) in [5, 5.41) is 22.0. The number of Topliss-reactive ketones (excluding diaryl/α,β-unsaturated/α-hetero) is 2. The molecule has 0 bridgehead atoms. The second-order valence-corrected chi connectivity index (χ2v) is 11.3. The molecule has 0 unspecified atom stereocenters. The number of aliphatic hydroxyl groups is 1. The average molecular weight is 525 g/mol. The van der Waals surface area contributed by atoms with Gasteiger partial charge in [-0.05, 0) is 86.2 Å². The first-order valence-corrected chi connectivity index (χ1v) is 13.3. The lowest BCUT2D eigenvalue weighted by Crippen LogP contribution is -2.31. The van der Waals surface area contributed by atoms with Gasteiger partial charge in [-0.3, -0.25) is 24.0 Å². The minimum atomic E-state index is -1.07. The Morgan fingerprint density at radius 1 is 1.08 bits per heavy atom. The third-order valence-corrected chi connectivity index (χ3v) is 9.01. The van der Waals surface area contributed by atoms with Crippen LogP contribution in [0.5, 0.6) is 0 Å². The summed E-state index contributed by atoms with van der Waals surface area (Å²) in [6.45, 7) is 3.81. The molecule has 0 aromatic rings. The number of primary amides is 1. The quantitative estimate of drug-likeness (QED) is 0.156. The van der Waals surface area contributed by atoms with Gasteiger partial charge in [0.2, 0.25) is 5.91 Å². The van der Waals surface area contributed by atoms with Crippen molar-refractivity contribution in [3.8, 4) is 0 Å². The Labute approximate surface area is 221 Å². The van der Waals surface area contributed by atoms with Gasteiger partial charge in [0.25, 0.3) is 5.91 Å². The molecule has 204 valence electrons. The summed E-state index contributed by atoms with van der Waals surface area (Å²) in [6, 6.07) is -0.967. The molecule has 2 saturated carbocycles. The molecule has 0 aromatic heterocycles. The SMILES string of the molecule is CC(=O)[C@H]1[C@@H]2C=C[C@@H]3[C@@H](C/C=C\C(N)=O)[C@H](/C=C/C(O)=C4/C(=O)N[C@@H](CCC(=O)O)C4=O)C[C@@H]3[C@H]2C[C@H]1C. The van der Waals surface area contributed by atoms with Crippen LogP contribution in [0, 0.1) is 47.3 Å². The average Bonchev–Trinajstić information content (AvgIpc) is 3.45. The fourth-order valence-corrected chi connectivity index (χ4v) is 7.51. The van der Waals surface area contributed by atoms with Gasteiger partial charge in [-0.15, -0.1) is 0 Å². The number of fused-ring (bicyclic) bond motifs is 3. The normalized spacial score (nSPS) is 37.5. The van der Waals surface area contributed by atoms with Crippen molar-refractivity contribution in [1.82, 2.24) is 5.32 Å². The number of nitrogens with one attached hydrogen (secondary N) is 1. The van der Waals surface area contributed by atoms with Crippen LogP contribution >= 0.6 is 0 Å². The highest BCUT2D eigenvalue weighted by molar-refractivity contribution is 6.27. The number of hydrogen-bond acceptors (Lipinski definition) is 6. The number of aliphatic hydroxyl groups excluding tert-OH is 1. The Kier molecular flexibility index (Phi) is 8.04. The number of rotatable bonds is 9. The van der Waals surface area contributed by atoms with Crippen LogP contribution in [0.2, 0.25) is 0 Å². The molecule has 5 N–H and O–H groups in total. The number of allylic oxidation sites excluding steroid dienone is 5. The Bertz CT molecular complexity index is 1150. The maximum absolute atomic E-state index is 12.7. The van der Waals surface area contributed by atoms with Gasteiger partial charge in [-0.25, -0.2) is 0 Å². The number of amides is 2. The van der Waals surface area contributed by atoms with Gasteiger partial charge in [0.1, 0.15) is 17.1 Å². The molecule has 9 nitrogen and oxygen atoms in total. The summed E-state index contributed by atoms with van der Waals surface area (Å²) in [4.78, 5) is 59.5. The smallest absolute Gasteiger partial charge is 0.303 e. The summed E-state index contributed by atoms with van der Waals surface area (Å²) < 4.78 is 0. The highest BCUT2D eigenvalue weighted by atomic mass is 16.4. The summed E-state index contributed by atoms with van der Waals surface area (Å²) in [6.07, 6.45) is 12.8. The van der Waals surface area contributed by atoms with Gasteiger partial charge in [0.15, 0.2) is 5.78 Å². The molecule has 4 aliphatic rings. The van der Waals surface area contributed by atoms with Crippen LogP contribution in [-0.2, 0) is 24.0 Å². The Balaban J connectivity index is 1.57. The fraction of sp³-hybridized carbons (Fsp3) is 0.552. The van der Waals surface area contributed by atoms with E-state index in [1.165, 1.54) is 12.2 Å². The van der Waals surface area contributed by atoms with E-state index in [1.807, 2.05) is 6.08 Å². The second-order valence-electron chi connectivity index (χ2n) is 11.3. The van der Waals surface area contributed by atoms with Crippen LogP contribution in [-0.4, -0.2) is 45.6 Å². The molecular formula is C29H36N2O7. The van der Waals surface area contributed by atoms with E-state index >= 15 is 0 Å². The van der Waals surface area contributed by atoms with Crippen LogP contribution in [0.15, 0.2) is 47.8 Å². The highest BCUT2D eigenvalue weighted by Crippen LogP contribution is 2.58. The molecule has 38 heavy (non-hydrogen) atoms. The van der Waals surface area contributed by atoms with E-state index in [0.717, 1.165) is 12.8 Å². The predicted octanol–water partition coefficient (Wildman–Crippen LogP) is 2.63. The number of hydrogen-bond donors (Lipinski definition) is 4. The number of nitrogens with two attached hydrogens (primary N) is 1. The molecule has 1 aliphatic heterocycles. The molecule has 2 amide bonds. The number of carbonyl (C=O) groups excluding carboxylic acids is 4. The van der Waals surface area contributed by atoms with E-state index in [0.29, 0.717) is 24.2 Å². The van der Waals surface area contributed by atoms with Crippen molar-refractivity contribution < 1.29 is 34.2 Å². The molecule has 0 spiro atoms. The van der Waals surface area contributed by atoms with Crippen molar-refractivity contribution >= 4 is 29.4 Å². The Hall–Kier alpha value is -3.49. The number of carboxylic acids is 1. The number of aliphatic carboxylic acids is 1. The second kappa shape index (κ2) is 11.1. The van der Waals surface area contributed by atoms with Crippen LogP contribution in [0.3, 0.4) is 0 Å². The first kappa shape index (κ1) is 27.5. The predicted molar refractivity (Wildman–Crippen MR) is 138 cm³/mol. The molecule has 0 aromatic carbocycles. The highest BCUT2D eigenvalue weighted by Gasteiger charge is 2.53. The van der Waals surface area contributed by atoms with Crippen molar-refractivity contribution in [3.05, 3.63) is 47.8 Å². The summed E-state index contributed by atoms with van der Waals surface area (Å²) in [7, 11) is 0. The lowest BCUT2D eigenvalue weighted by molar-refractivity contribution is -0.137. The van der Waals surface area contributed by atoms with Crippen LogP contribution in [0.4, 0.5) is 0 Å². The third-order valence-electron chi connectivity index (χ3n) is 9.01. The van der Waals surface area contributed by atoms with Gasteiger partial charge in [0, 0.05) is 12.3 Å². The first-order valence-electron chi connectivity index (χ1n) is 13.3. The van der Waals surface area contributed by atoms with Crippen molar-refractivity contribution in [2.45, 2.75) is 52.0 Å². The number of carbonyl (C=O) groups is 5. The van der Waals surface area contributed by atoms with Crippen LogP contribution in [0.1, 0.15) is 46.0 Å². The Morgan fingerprint density at radius 2 is 1.76 bits per heavy atom. The Morgan fingerprint density at radius 3 is 2.42 bits per heavy atom. The van der Waals surface area contributed by atoms with Crippen LogP contribution in [0.25, 0.3) is 0 Å². The number of ketones is 2. The first-order chi connectivity index (χ1) is 18.0. The summed E-state index contributed by atoms with van der Waals surface area (Å²) in [5.41, 5.74) is 4.93. The van der Waals surface area contributed by atoms with E-state index in [-0.39, 0.29) is 53.8 Å². The van der Waals surface area contributed by atoms with Crippen molar-refractivity contribution in [1.29, 1.82) is 0 Å². The van der Waals surface area contributed by atoms with Crippen molar-refractivity contribution in [2.75, 3.05) is 0 Å². The minimum absolute atomic E-state index is 0.00253. The van der Waals surface area contributed by atoms with Gasteiger partial charge < -0.3 is 21.3 Å². The van der Waals surface area contributed by atoms with E-state index in [1.54, 1.807) is 13.0 Å². The fourth-order valence-electron chi connectivity index (χ4n) is 7.51. The minimum Gasteiger partial charge on any atom is -0.507 e. The largest absolute Gasteiger partial charge is 0.507 e. The number of carboxylic acid groups (broad SMARTS) is 1. The maximum Gasteiger partial charge on any atom is 0.303 e. The zero-order valence-electron chi connectivity index (χ0n) is 21.7. The van der Waals surface area contributed by atoms with E-state index in [2.05, 4.69) is 24.4 Å². The molecule has 3 fully saturated rings. The monoisotopic (exact) mass is 524 g/mol. The lowest BCUT2D eigenvalue weighted by atomic mass is 9.69. The van der Waals surface area contributed by atoms with Gasteiger partial charge in [-0.2, -0.15) is 0 Å². The molecule has 9 atom stereocenters. The maximum atomic E-state index is 12.7.